The number of nitrogens with one attached hydrogen (secondary N) is 6. The van der Waals surface area contributed by atoms with Gasteiger partial charge in [0.15, 0.2) is 0 Å². The predicted molar refractivity (Wildman–Crippen MR) is 287 cm³/mol. The molecule has 75 heavy (non-hydrogen) atoms. The molecule has 4 aromatic heterocycles. The van der Waals surface area contributed by atoms with Gasteiger partial charge in [-0.2, -0.15) is 0 Å². The van der Waals surface area contributed by atoms with E-state index in [0.717, 1.165) is 36.8 Å². The minimum Gasteiger partial charge on any atom is -0.508 e. The van der Waals surface area contributed by atoms with E-state index in [0.29, 0.717) is 57.5 Å². The van der Waals surface area contributed by atoms with Gasteiger partial charge in [0.1, 0.15) is 23.6 Å². The summed E-state index contributed by atoms with van der Waals surface area (Å²) in [4.78, 5) is 93.7. The standard InChI is InChI=1S/C29H37N5O5S.C24H27N5O5S/c1-18-24(19(2)33-28(32-18)30-13-7-10-20-9-6-11-21(35)15-20)26(37)34-22(27(38)39-17-29(3,4)5)16-31-25(36)23-12-8-14-40-23;1-14-20(22(32)29-18(23(33)34)13-26-21(31)19-9-5-11-35-19)15(2)28-24(27-14)25-10-4-7-16-6-3-8-17(30)12-16/h6,8-9,11-12,14-15,22,35H,7,10,13,16-17H2,1-5H3,(H,31,36)(H,34,37)(H,30,32,33);3,5-6,8-9,11-12,18,30H,4,7,10,13H2,1-2H3,(H,26,31)(H,29,32)(H,33,34)(H,25,27,28)/t22-;18-/m00/s1. The van der Waals surface area contributed by atoms with Crippen molar-refractivity contribution in [2.24, 2.45) is 5.41 Å². The summed E-state index contributed by atoms with van der Waals surface area (Å²) in [6.45, 7) is 13.4. The molecule has 0 bridgehead atoms. The number of carboxylic acids is 1. The third-order valence-electron chi connectivity index (χ3n) is 10.9. The van der Waals surface area contributed by atoms with Crippen LogP contribution in [-0.4, -0.2) is 116 Å². The van der Waals surface area contributed by atoms with E-state index in [4.69, 9.17) is 4.74 Å². The molecule has 22 heteroatoms. The van der Waals surface area contributed by atoms with Crippen LogP contribution < -0.4 is 31.9 Å². The molecule has 2 atom stereocenters. The Bertz CT molecular complexity index is 2860. The van der Waals surface area contributed by atoms with Crippen LogP contribution in [0.5, 0.6) is 11.5 Å². The van der Waals surface area contributed by atoms with Gasteiger partial charge >= 0.3 is 11.9 Å². The van der Waals surface area contributed by atoms with Crippen molar-refractivity contribution in [3.8, 4) is 11.5 Å². The number of hydrogen-bond acceptors (Lipinski definition) is 17. The van der Waals surface area contributed by atoms with Crippen LogP contribution in [0, 0.1) is 33.1 Å². The molecule has 0 fully saturated rings. The van der Waals surface area contributed by atoms with Gasteiger partial charge in [-0.3, -0.25) is 19.2 Å². The topological polar surface area (TPSA) is 296 Å². The Morgan fingerprint density at radius 1 is 0.587 bits per heavy atom. The number of phenolic OH excluding ortho intramolecular Hbond substituents is 2. The van der Waals surface area contributed by atoms with Gasteiger partial charge in [-0.1, -0.05) is 57.2 Å². The number of esters is 1. The highest BCUT2D eigenvalue weighted by atomic mass is 32.1. The number of aryl methyl sites for hydroxylation is 6. The molecule has 0 unspecified atom stereocenters. The summed E-state index contributed by atoms with van der Waals surface area (Å²) in [5, 5.41) is 48.8. The zero-order valence-electron chi connectivity index (χ0n) is 42.9. The molecule has 0 saturated carbocycles. The molecule has 6 aromatic rings. The molecular formula is C53H64N10O10S2. The third-order valence-corrected chi connectivity index (χ3v) is 12.7. The second-order valence-corrected chi connectivity index (χ2v) is 20.4. The van der Waals surface area contributed by atoms with Crippen LogP contribution in [0.4, 0.5) is 11.9 Å². The normalized spacial score (nSPS) is 11.7. The number of carbonyl (C=O) groups is 6. The Morgan fingerprint density at radius 2 is 1.00 bits per heavy atom. The number of rotatable bonds is 23. The number of hydrogen-bond donors (Lipinski definition) is 9. The monoisotopic (exact) mass is 1060 g/mol. The van der Waals surface area contributed by atoms with Crippen molar-refractivity contribution in [3.63, 3.8) is 0 Å². The molecule has 9 N–H and O–H groups in total. The number of carbonyl (C=O) groups excluding carboxylic acids is 5. The minimum absolute atomic E-state index is 0.136. The number of benzene rings is 2. The van der Waals surface area contributed by atoms with Gasteiger partial charge in [0.05, 0.1) is 50.3 Å². The number of nitrogens with zero attached hydrogens (tertiary/aromatic N) is 4. The summed E-state index contributed by atoms with van der Waals surface area (Å²) in [6.07, 6.45) is 3.11. The van der Waals surface area contributed by atoms with Crippen LogP contribution in [0.2, 0.25) is 0 Å². The van der Waals surface area contributed by atoms with Gasteiger partial charge < -0.3 is 52.0 Å². The van der Waals surface area contributed by atoms with Crippen molar-refractivity contribution in [1.29, 1.82) is 0 Å². The second kappa shape index (κ2) is 27.9. The minimum atomic E-state index is -1.32. The maximum atomic E-state index is 13.3. The molecule has 0 aliphatic rings. The van der Waals surface area contributed by atoms with E-state index in [-0.39, 0.29) is 53.6 Å². The quantitative estimate of drug-likeness (QED) is 0.0243. The lowest BCUT2D eigenvalue weighted by molar-refractivity contribution is -0.148. The van der Waals surface area contributed by atoms with Gasteiger partial charge in [-0.15, -0.1) is 22.7 Å². The number of ether oxygens (including phenoxy) is 1. The molecule has 0 aliphatic heterocycles. The van der Waals surface area contributed by atoms with E-state index in [1.54, 1.807) is 93.1 Å². The van der Waals surface area contributed by atoms with Crippen LogP contribution in [-0.2, 0) is 27.2 Å². The Labute approximate surface area is 443 Å². The van der Waals surface area contributed by atoms with Gasteiger partial charge in [-0.05, 0) is 117 Å². The molecule has 0 radical (unpaired) electrons. The maximum absolute atomic E-state index is 13.3. The fourth-order valence-corrected chi connectivity index (χ4v) is 8.56. The maximum Gasteiger partial charge on any atom is 0.330 e. The Hall–Kier alpha value is -7.98. The van der Waals surface area contributed by atoms with Crippen LogP contribution >= 0.6 is 22.7 Å². The second-order valence-electron chi connectivity index (χ2n) is 18.5. The molecular weight excluding hydrogens is 1000 g/mol. The predicted octanol–water partition coefficient (Wildman–Crippen LogP) is 6.54. The lowest BCUT2D eigenvalue weighted by atomic mass is 9.99. The smallest absolute Gasteiger partial charge is 0.330 e. The van der Waals surface area contributed by atoms with Gasteiger partial charge in [0, 0.05) is 26.2 Å². The molecule has 20 nitrogen and oxygen atoms in total. The van der Waals surface area contributed by atoms with E-state index in [9.17, 15) is 44.1 Å². The van der Waals surface area contributed by atoms with Gasteiger partial charge in [-0.25, -0.2) is 29.5 Å². The number of phenols is 2. The first-order valence-electron chi connectivity index (χ1n) is 24.1. The molecule has 0 saturated heterocycles. The average molecular weight is 1070 g/mol. The highest BCUT2D eigenvalue weighted by Crippen LogP contribution is 2.19. The SMILES string of the molecule is Cc1nc(NCCCc2cccc(O)c2)nc(C)c1C(=O)N[C@@H](CNC(=O)c1cccs1)C(=O)O.Cc1nc(NCCCc2cccc(O)c2)nc(C)c1C(=O)N[C@@H](CNC(=O)c1cccs1)C(=O)OCC(C)(C)C. The van der Waals surface area contributed by atoms with Crippen LogP contribution in [0.15, 0.2) is 83.6 Å². The van der Waals surface area contributed by atoms with E-state index in [1.165, 1.54) is 22.7 Å². The molecule has 398 valence electrons. The van der Waals surface area contributed by atoms with Crippen molar-refractivity contribution in [3.05, 3.63) is 138 Å². The lowest BCUT2D eigenvalue weighted by Crippen LogP contribution is -2.49. The van der Waals surface area contributed by atoms with Crippen LogP contribution in [0.3, 0.4) is 0 Å². The van der Waals surface area contributed by atoms with Crippen molar-refractivity contribution < 1.29 is 48.8 Å². The number of thiophene rings is 2. The molecule has 4 amide bonds. The molecule has 4 heterocycles. The van der Waals surface area contributed by atoms with E-state index >= 15 is 0 Å². The summed E-state index contributed by atoms with van der Waals surface area (Å²) in [5.41, 5.74) is 3.92. The van der Waals surface area contributed by atoms with E-state index < -0.39 is 41.7 Å². The summed E-state index contributed by atoms with van der Waals surface area (Å²) in [5.74, 6) is -2.60. The first-order chi connectivity index (χ1) is 35.7. The zero-order chi connectivity index (χ0) is 54.7. The number of aromatic nitrogens is 4. The van der Waals surface area contributed by atoms with Crippen molar-refractivity contribution in [2.75, 3.05) is 43.4 Å². The number of carboxylic acid groups (broad SMARTS) is 1. The number of anilines is 2. The molecule has 0 spiro atoms. The van der Waals surface area contributed by atoms with Crippen LogP contribution in [0.25, 0.3) is 0 Å². The lowest BCUT2D eigenvalue weighted by Gasteiger charge is -2.23. The van der Waals surface area contributed by atoms with E-state index in [2.05, 4.69) is 51.8 Å². The first kappa shape index (κ1) is 57.9. The fraction of sp³-hybridized carbons (Fsp3) is 0.358. The zero-order valence-corrected chi connectivity index (χ0v) is 44.5. The number of amides is 4. The largest absolute Gasteiger partial charge is 0.508 e. The Kier molecular flexibility index (Phi) is 21.5. The average Bonchev–Trinajstić information content (AvgIpc) is 4.10. The van der Waals surface area contributed by atoms with Crippen molar-refractivity contribution in [1.82, 2.24) is 41.2 Å². The Balaban J connectivity index is 0.000000280. The summed E-state index contributed by atoms with van der Waals surface area (Å²) in [6, 6.07) is 18.6. The van der Waals surface area contributed by atoms with Gasteiger partial charge in [0.2, 0.25) is 11.9 Å². The van der Waals surface area contributed by atoms with Gasteiger partial charge in [0.25, 0.3) is 23.6 Å². The highest BCUT2D eigenvalue weighted by molar-refractivity contribution is 7.12. The van der Waals surface area contributed by atoms with Crippen LogP contribution in [0.1, 0.15) is 108 Å². The summed E-state index contributed by atoms with van der Waals surface area (Å²) < 4.78 is 5.44. The van der Waals surface area contributed by atoms with Crippen molar-refractivity contribution >= 4 is 70.1 Å². The highest BCUT2D eigenvalue weighted by Gasteiger charge is 2.28. The van der Waals surface area contributed by atoms with Crippen molar-refractivity contribution in [2.45, 2.75) is 86.2 Å². The number of aromatic hydroxyl groups is 2. The summed E-state index contributed by atoms with van der Waals surface area (Å²) >= 11 is 2.51. The molecule has 6 rings (SSSR count). The molecule has 2 aromatic carbocycles. The Morgan fingerprint density at radius 3 is 1.37 bits per heavy atom. The fourth-order valence-electron chi connectivity index (χ4n) is 7.28. The molecule has 0 aliphatic carbocycles. The third kappa shape index (κ3) is 18.8. The number of aliphatic carboxylic acids is 1. The summed E-state index contributed by atoms with van der Waals surface area (Å²) in [7, 11) is 0. The van der Waals surface area contributed by atoms with E-state index in [1.807, 2.05) is 39.0 Å². The first-order valence-corrected chi connectivity index (χ1v) is 25.8.